The molecule has 2 rings (SSSR count). The fourth-order valence-corrected chi connectivity index (χ4v) is 4.52. The second-order valence-corrected chi connectivity index (χ2v) is 6.69. The predicted molar refractivity (Wildman–Crippen MR) is 57.6 cm³/mol. The van der Waals surface area contributed by atoms with Gasteiger partial charge in [-0.15, -0.1) is 0 Å². The highest BCUT2D eigenvalue weighted by molar-refractivity contribution is 5.01. The van der Waals surface area contributed by atoms with Gasteiger partial charge in [-0.1, -0.05) is 40.5 Å². The minimum atomic E-state index is 0.538. The summed E-state index contributed by atoms with van der Waals surface area (Å²) in [6.07, 6.45) is 7.51. The third kappa shape index (κ3) is 1.43. The maximum Gasteiger partial charge on any atom is -0.0283 e. The maximum atomic E-state index is 2.54. The Labute approximate surface area is 83.1 Å². The van der Waals surface area contributed by atoms with Crippen molar-refractivity contribution in [1.29, 1.82) is 0 Å². The van der Waals surface area contributed by atoms with E-state index < -0.39 is 0 Å². The third-order valence-electron chi connectivity index (χ3n) is 4.56. The van der Waals surface area contributed by atoms with Crippen LogP contribution in [-0.2, 0) is 0 Å². The van der Waals surface area contributed by atoms with Crippen LogP contribution in [0.15, 0.2) is 0 Å². The van der Waals surface area contributed by atoms with E-state index in [1.807, 2.05) is 0 Å². The van der Waals surface area contributed by atoms with Crippen molar-refractivity contribution in [3.05, 3.63) is 0 Å². The second kappa shape index (κ2) is 2.74. The molecule has 0 heteroatoms. The number of fused-ring (bicyclic) bond motifs is 2. The molecule has 0 aliphatic heterocycles. The van der Waals surface area contributed by atoms with Crippen molar-refractivity contribution in [3.63, 3.8) is 0 Å². The highest BCUT2D eigenvalue weighted by Gasteiger charge is 2.51. The summed E-state index contributed by atoms with van der Waals surface area (Å²) in [5, 5.41) is 0. The molecule has 0 spiro atoms. The molecule has 2 saturated carbocycles. The molecule has 2 fully saturated rings. The molecular weight excluding hydrogens is 156 g/mol. The van der Waals surface area contributed by atoms with E-state index in [1.165, 1.54) is 32.1 Å². The molecule has 3 unspecified atom stereocenters. The van der Waals surface area contributed by atoms with E-state index in [1.54, 1.807) is 0 Å². The third-order valence-corrected chi connectivity index (χ3v) is 4.56. The van der Waals surface area contributed by atoms with E-state index in [0.717, 1.165) is 11.8 Å². The molecule has 2 aliphatic rings. The van der Waals surface area contributed by atoms with Gasteiger partial charge in [-0.2, -0.15) is 0 Å². The molecular formula is C13H24. The van der Waals surface area contributed by atoms with Crippen LogP contribution in [0.25, 0.3) is 0 Å². The minimum absolute atomic E-state index is 0.538. The Balaban J connectivity index is 2.27. The lowest BCUT2D eigenvalue weighted by Crippen LogP contribution is -2.38. The quantitative estimate of drug-likeness (QED) is 0.523. The second-order valence-electron chi connectivity index (χ2n) is 6.69. The fourth-order valence-electron chi connectivity index (χ4n) is 4.52. The van der Waals surface area contributed by atoms with Gasteiger partial charge in [0.15, 0.2) is 0 Å². The molecule has 2 bridgehead atoms. The molecule has 0 aromatic heterocycles. The van der Waals surface area contributed by atoms with E-state index in [2.05, 4.69) is 27.7 Å². The zero-order valence-electron chi connectivity index (χ0n) is 9.69. The molecule has 0 amide bonds. The summed E-state index contributed by atoms with van der Waals surface area (Å²) in [6.45, 7) is 9.88. The Morgan fingerprint density at radius 2 is 1.77 bits per heavy atom. The molecule has 76 valence electrons. The first-order chi connectivity index (χ1) is 5.93. The van der Waals surface area contributed by atoms with Crippen LogP contribution in [0.1, 0.15) is 59.8 Å². The molecule has 0 N–H and O–H groups in total. The molecule has 0 heterocycles. The molecule has 2 aliphatic carbocycles. The van der Waals surface area contributed by atoms with Gasteiger partial charge in [0.25, 0.3) is 0 Å². The van der Waals surface area contributed by atoms with Gasteiger partial charge in [0.1, 0.15) is 0 Å². The van der Waals surface area contributed by atoms with E-state index in [-0.39, 0.29) is 0 Å². The molecule has 0 aromatic rings. The lowest BCUT2D eigenvalue weighted by atomic mass is 9.59. The Hall–Kier alpha value is 0. The summed E-state index contributed by atoms with van der Waals surface area (Å²) in [6, 6.07) is 0. The lowest BCUT2D eigenvalue weighted by Gasteiger charge is -2.46. The fraction of sp³-hybridized carbons (Fsp3) is 1.00. The molecule has 3 atom stereocenters. The van der Waals surface area contributed by atoms with Crippen LogP contribution < -0.4 is 0 Å². The van der Waals surface area contributed by atoms with Crippen LogP contribution in [0.3, 0.4) is 0 Å². The first kappa shape index (κ1) is 9.55. The number of hydrogen-bond donors (Lipinski definition) is 0. The summed E-state index contributed by atoms with van der Waals surface area (Å²) < 4.78 is 0. The zero-order chi connectivity index (χ0) is 9.69. The van der Waals surface area contributed by atoms with Crippen molar-refractivity contribution in [3.8, 4) is 0 Å². The summed E-state index contributed by atoms with van der Waals surface area (Å²) >= 11 is 0. The van der Waals surface area contributed by atoms with Gasteiger partial charge >= 0.3 is 0 Å². The van der Waals surface area contributed by atoms with Crippen molar-refractivity contribution < 1.29 is 0 Å². The molecule has 0 radical (unpaired) electrons. The van der Waals surface area contributed by atoms with Crippen molar-refractivity contribution in [2.75, 3.05) is 0 Å². The number of rotatable bonds is 0. The Kier molecular flexibility index (Phi) is 2.02. The Bertz CT molecular complexity index is 195. The van der Waals surface area contributed by atoms with Gasteiger partial charge < -0.3 is 0 Å². The van der Waals surface area contributed by atoms with Gasteiger partial charge in [-0.3, -0.25) is 0 Å². The number of hydrogen-bond acceptors (Lipinski definition) is 0. The topological polar surface area (TPSA) is 0 Å². The van der Waals surface area contributed by atoms with Gasteiger partial charge in [-0.05, 0) is 41.9 Å². The summed E-state index contributed by atoms with van der Waals surface area (Å²) in [4.78, 5) is 0. The lowest BCUT2D eigenvalue weighted by molar-refractivity contribution is 0.0303. The van der Waals surface area contributed by atoms with Crippen LogP contribution in [-0.4, -0.2) is 0 Å². The average Bonchev–Trinajstić information content (AvgIpc) is 2.18. The molecule has 0 nitrogen and oxygen atoms in total. The highest BCUT2D eigenvalue weighted by atomic mass is 14.6. The van der Waals surface area contributed by atoms with Crippen LogP contribution in [0.2, 0.25) is 0 Å². The van der Waals surface area contributed by atoms with Gasteiger partial charge in [-0.25, -0.2) is 0 Å². The highest BCUT2D eigenvalue weighted by Crippen LogP contribution is 2.60. The normalized spacial score (nSPS) is 45.2. The first-order valence-corrected chi connectivity index (χ1v) is 5.93. The predicted octanol–water partition coefficient (Wildman–Crippen LogP) is 4.25. The maximum absolute atomic E-state index is 2.54. The SMILES string of the molecule is CC(C)(C)C1C2CCCC1(C)CC2. The van der Waals surface area contributed by atoms with E-state index in [9.17, 15) is 0 Å². The van der Waals surface area contributed by atoms with Crippen molar-refractivity contribution in [2.24, 2.45) is 22.7 Å². The van der Waals surface area contributed by atoms with Gasteiger partial charge in [0, 0.05) is 0 Å². The van der Waals surface area contributed by atoms with Crippen LogP contribution in [0, 0.1) is 22.7 Å². The Morgan fingerprint density at radius 1 is 1.08 bits per heavy atom. The van der Waals surface area contributed by atoms with E-state index in [4.69, 9.17) is 0 Å². The van der Waals surface area contributed by atoms with Gasteiger partial charge in [0.05, 0.1) is 0 Å². The zero-order valence-corrected chi connectivity index (χ0v) is 9.69. The standard InChI is InChI=1S/C13H24/c1-12(2,3)11-10-6-5-8-13(11,4)9-7-10/h10-11H,5-9H2,1-4H3. The summed E-state index contributed by atoms with van der Waals surface area (Å²) in [7, 11) is 0. The van der Waals surface area contributed by atoms with Gasteiger partial charge in [0.2, 0.25) is 0 Å². The van der Waals surface area contributed by atoms with Crippen molar-refractivity contribution >= 4 is 0 Å². The summed E-state index contributed by atoms with van der Waals surface area (Å²) in [5.41, 5.74) is 1.23. The minimum Gasteiger partial charge on any atom is -0.0599 e. The molecule has 13 heavy (non-hydrogen) atoms. The van der Waals surface area contributed by atoms with Crippen molar-refractivity contribution in [2.45, 2.75) is 59.8 Å². The van der Waals surface area contributed by atoms with E-state index >= 15 is 0 Å². The largest absolute Gasteiger partial charge is 0.0599 e. The van der Waals surface area contributed by atoms with Crippen LogP contribution in [0.4, 0.5) is 0 Å². The molecule has 0 aromatic carbocycles. The molecule has 0 saturated heterocycles. The monoisotopic (exact) mass is 180 g/mol. The smallest absolute Gasteiger partial charge is 0.0283 e. The Morgan fingerprint density at radius 3 is 2.23 bits per heavy atom. The van der Waals surface area contributed by atoms with Crippen LogP contribution >= 0.6 is 0 Å². The summed E-state index contributed by atoms with van der Waals surface area (Å²) in [5.74, 6) is 2.05. The average molecular weight is 180 g/mol. The van der Waals surface area contributed by atoms with Crippen molar-refractivity contribution in [1.82, 2.24) is 0 Å². The first-order valence-electron chi connectivity index (χ1n) is 5.93. The van der Waals surface area contributed by atoms with E-state index in [0.29, 0.717) is 10.8 Å². The van der Waals surface area contributed by atoms with Crippen LogP contribution in [0.5, 0.6) is 0 Å².